The topological polar surface area (TPSA) is 67.1 Å². The van der Waals surface area contributed by atoms with Crippen molar-refractivity contribution in [1.29, 1.82) is 0 Å². The van der Waals surface area contributed by atoms with Crippen LogP contribution in [0.4, 0.5) is 10.5 Å². The fourth-order valence-electron chi connectivity index (χ4n) is 1.62. The molecule has 110 valence electrons. The van der Waals surface area contributed by atoms with Gasteiger partial charge in [-0.2, -0.15) is 0 Å². The molecular weight excluding hydrogens is 297 g/mol. The first kappa shape index (κ1) is 16.8. The molecule has 0 aliphatic carbocycles. The molecule has 0 spiro atoms. The lowest BCUT2D eigenvalue weighted by Gasteiger charge is -2.25. The highest BCUT2D eigenvalue weighted by Gasteiger charge is 2.20. The molecule has 1 aromatic rings. The molecule has 0 heterocycles. The molecule has 0 aliphatic rings. The van der Waals surface area contributed by atoms with E-state index in [1.807, 2.05) is 6.92 Å². The van der Waals surface area contributed by atoms with Crippen molar-refractivity contribution >= 4 is 34.9 Å². The number of benzene rings is 1. The van der Waals surface area contributed by atoms with E-state index in [9.17, 15) is 4.79 Å². The predicted octanol–water partition coefficient (Wildman–Crippen LogP) is 3.66. The van der Waals surface area contributed by atoms with E-state index in [-0.39, 0.29) is 11.4 Å². The summed E-state index contributed by atoms with van der Waals surface area (Å²) < 4.78 is 0. The van der Waals surface area contributed by atoms with Gasteiger partial charge in [-0.25, -0.2) is 4.79 Å². The van der Waals surface area contributed by atoms with E-state index >= 15 is 0 Å². The molecule has 4 N–H and O–H groups in total. The second kappa shape index (κ2) is 7.53. The minimum absolute atomic E-state index is 0.219. The van der Waals surface area contributed by atoms with Gasteiger partial charge in [0.05, 0.1) is 10.0 Å². The van der Waals surface area contributed by atoms with Crippen LogP contribution >= 0.6 is 23.2 Å². The lowest BCUT2D eigenvalue weighted by atomic mass is 9.87. The zero-order valence-corrected chi connectivity index (χ0v) is 12.9. The Bertz CT molecular complexity index is 493. The Hall–Kier alpha value is -1.23. The highest BCUT2D eigenvalue weighted by atomic mass is 35.5. The number of rotatable bonds is 6. The monoisotopic (exact) mass is 315 g/mol. The van der Waals surface area contributed by atoms with Crippen LogP contribution in [-0.4, -0.2) is 19.1 Å². The van der Waals surface area contributed by atoms with Gasteiger partial charge in [-0.05, 0) is 31.2 Å². The molecule has 0 saturated heterocycles. The molecule has 20 heavy (non-hydrogen) atoms. The number of halogens is 2. The van der Waals surface area contributed by atoms with Crippen LogP contribution in [0.5, 0.6) is 0 Å². The summed E-state index contributed by atoms with van der Waals surface area (Å²) >= 11 is 11.7. The number of nitrogens with one attached hydrogen (secondary N) is 2. The Morgan fingerprint density at radius 1 is 1.45 bits per heavy atom. The minimum Gasteiger partial charge on any atom is -0.337 e. The number of nitrogens with two attached hydrogens (primary N) is 1. The van der Waals surface area contributed by atoms with Gasteiger partial charge >= 0.3 is 6.03 Å². The number of hydrogen-bond donors (Lipinski definition) is 3. The number of carbonyl (C=O) groups is 1. The van der Waals surface area contributed by atoms with Gasteiger partial charge in [-0.1, -0.05) is 36.2 Å². The number of amides is 2. The van der Waals surface area contributed by atoms with E-state index in [2.05, 4.69) is 17.2 Å². The smallest absolute Gasteiger partial charge is 0.319 e. The number of hydrogen-bond acceptors (Lipinski definition) is 2. The van der Waals surface area contributed by atoms with E-state index in [1.54, 1.807) is 24.3 Å². The van der Waals surface area contributed by atoms with Gasteiger partial charge in [-0.3, -0.25) is 0 Å². The van der Waals surface area contributed by atoms with Crippen molar-refractivity contribution in [2.24, 2.45) is 11.1 Å². The van der Waals surface area contributed by atoms with Gasteiger partial charge in [0.1, 0.15) is 0 Å². The highest BCUT2D eigenvalue weighted by Crippen LogP contribution is 2.25. The first-order valence-electron chi connectivity index (χ1n) is 6.24. The Morgan fingerprint density at radius 3 is 2.70 bits per heavy atom. The lowest BCUT2D eigenvalue weighted by molar-refractivity contribution is 0.247. The van der Waals surface area contributed by atoms with E-state index in [4.69, 9.17) is 28.9 Å². The maximum Gasteiger partial charge on any atom is 0.319 e. The first-order valence-corrected chi connectivity index (χ1v) is 6.99. The molecule has 1 unspecified atom stereocenters. The van der Waals surface area contributed by atoms with Gasteiger partial charge in [0.15, 0.2) is 0 Å². The van der Waals surface area contributed by atoms with Crippen LogP contribution in [0.25, 0.3) is 0 Å². The van der Waals surface area contributed by atoms with Crippen LogP contribution in [0.15, 0.2) is 30.9 Å². The van der Waals surface area contributed by atoms with Crippen molar-refractivity contribution in [1.82, 2.24) is 5.32 Å². The molecule has 6 heteroatoms. The second-order valence-corrected chi connectivity index (χ2v) is 5.65. The summed E-state index contributed by atoms with van der Waals surface area (Å²) in [5.74, 6) is 0. The van der Waals surface area contributed by atoms with E-state index in [1.165, 1.54) is 0 Å². The molecule has 0 aliphatic heterocycles. The van der Waals surface area contributed by atoms with Crippen molar-refractivity contribution in [3.8, 4) is 0 Å². The molecule has 1 atom stereocenters. The van der Waals surface area contributed by atoms with Crippen molar-refractivity contribution < 1.29 is 4.79 Å². The Kier molecular flexibility index (Phi) is 6.33. The Morgan fingerprint density at radius 2 is 2.15 bits per heavy atom. The lowest BCUT2D eigenvalue weighted by Crippen LogP contribution is -2.38. The van der Waals surface area contributed by atoms with Crippen LogP contribution in [-0.2, 0) is 0 Å². The largest absolute Gasteiger partial charge is 0.337 e. The van der Waals surface area contributed by atoms with Gasteiger partial charge in [0.25, 0.3) is 0 Å². The van der Waals surface area contributed by atoms with E-state index in [0.29, 0.717) is 28.8 Å². The fraction of sp³-hybridized carbons (Fsp3) is 0.357. The molecule has 0 fully saturated rings. The molecule has 0 radical (unpaired) electrons. The Labute approximate surface area is 129 Å². The summed E-state index contributed by atoms with van der Waals surface area (Å²) in [6.45, 7) is 6.77. The summed E-state index contributed by atoms with van der Waals surface area (Å²) in [7, 11) is 0. The quantitative estimate of drug-likeness (QED) is 0.701. The summed E-state index contributed by atoms with van der Waals surface area (Å²) in [5.41, 5.74) is 5.91. The SMILES string of the molecule is C=CC(C)(CCN)CNC(=O)Nc1ccc(Cl)c(Cl)c1. The Balaban J connectivity index is 2.55. The third kappa shape index (κ3) is 5.04. The van der Waals surface area contributed by atoms with Crippen molar-refractivity contribution in [2.45, 2.75) is 13.3 Å². The molecule has 4 nitrogen and oxygen atoms in total. The molecule has 1 rings (SSSR count). The first-order chi connectivity index (χ1) is 9.40. The number of anilines is 1. The second-order valence-electron chi connectivity index (χ2n) is 4.83. The summed E-state index contributed by atoms with van der Waals surface area (Å²) in [6, 6.07) is 4.59. The molecule has 0 saturated carbocycles. The van der Waals surface area contributed by atoms with Gasteiger partial charge in [-0.15, -0.1) is 6.58 Å². The van der Waals surface area contributed by atoms with Crippen LogP contribution in [0.3, 0.4) is 0 Å². The van der Waals surface area contributed by atoms with Crippen LogP contribution < -0.4 is 16.4 Å². The molecule has 2 amide bonds. The maximum atomic E-state index is 11.8. The average Bonchev–Trinajstić information content (AvgIpc) is 2.41. The van der Waals surface area contributed by atoms with Crippen LogP contribution in [0, 0.1) is 5.41 Å². The predicted molar refractivity (Wildman–Crippen MR) is 85.5 cm³/mol. The van der Waals surface area contributed by atoms with Crippen molar-refractivity contribution in [3.05, 3.63) is 40.9 Å². The zero-order chi connectivity index (χ0) is 15.2. The average molecular weight is 316 g/mol. The molecule has 0 aromatic heterocycles. The molecular formula is C14H19Cl2N3O. The standard InChI is InChI=1S/C14H19Cl2N3O/c1-3-14(2,6-7-17)9-18-13(20)19-10-4-5-11(15)12(16)8-10/h3-5,8H,1,6-7,9,17H2,2H3,(H2,18,19,20). The number of carbonyl (C=O) groups excluding carboxylic acids is 1. The van der Waals surface area contributed by atoms with E-state index < -0.39 is 0 Å². The van der Waals surface area contributed by atoms with Crippen molar-refractivity contribution in [3.63, 3.8) is 0 Å². The highest BCUT2D eigenvalue weighted by molar-refractivity contribution is 6.42. The summed E-state index contributed by atoms with van der Waals surface area (Å²) in [5, 5.41) is 6.32. The third-order valence-electron chi connectivity index (χ3n) is 3.04. The summed E-state index contributed by atoms with van der Waals surface area (Å²) in [6.07, 6.45) is 2.56. The normalized spacial score (nSPS) is 13.4. The minimum atomic E-state index is -0.312. The van der Waals surface area contributed by atoms with E-state index in [0.717, 1.165) is 6.42 Å². The van der Waals surface area contributed by atoms with Gasteiger partial charge < -0.3 is 16.4 Å². The molecule has 1 aromatic carbocycles. The van der Waals surface area contributed by atoms with Crippen LogP contribution in [0.1, 0.15) is 13.3 Å². The summed E-state index contributed by atoms with van der Waals surface area (Å²) in [4.78, 5) is 11.8. The fourth-order valence-corrected chi connectivity index (χ4v) is 1.92. The number of urea groups is 1. The van der Waals surface area contributed by atoms with Crippen molar-refractivity contribution in [2.75, 3.05) is 18.4 Å². The zero-order valence-electron chi connectivity index (χ0n) is 11.4. The maximum absolute atomic E-state index is 11.8. The van der Waals surface area contributed by atoms with Crippen LogP contribution in [0.2, 0.25) is 10.0 Å². The van der Waals surface area contributed by atoms with Gasteiger partial charge in [0, 0.05) is 17.6 Å². The van der Waals surface area contributed by atoms with Gasteiger partial charge in [0.2, 0.25) is 0 Å². The third-order valence-corrected chi connectivity index (χ3v) is 3.78. The molecule has 0 bridgehead atoms.